The summed E-state index contributed by atoms with van der Waals surface area (Å²) in [4.78, 5) is 23.2. The minimum atomic E-state index is -4.69. The van der Waals surface area contributed by atoms with Gasteiger partial charge in [0.1, 0.15) is 11.6 Å². The van der Waals surface area contributed by atoms with Gasteiger partial charge in [-0.3, -0.25) is 9.78 Å². The minimum Gasteiger partial charge on any atom is -0.427 e. The first kappa shape index (κ1) is 23.0. The van der Waals surface area contributed by atoms with E-state index in [-0.39, 0.29) is 11.5 Å². The predicted molar refractivity (Wildman–Crippen MR) is 115 cm³/mol. The number of carbonyl (C=O) groups excluding carboxylic acids is 1. The number of likely N-dealkylation sites (tertiary alicyclic amines) is 1. The van der Waals surface area contributed by atoms with Gasteiger partial charge in [-0.05, 0) is 42.7 Å². The lowest BCUT2D eigenvalue weighted by molar-refractivity contribution is -0.253. The van der Waals surface area contributed by atoms with Gasteiger partial charge in [-0.2, -0.15) is 17.6 Å². The highest BCUT2D eigenvalue weighted by molar-refractivity contribution is 6.31. The molecule has 6 nitrogen and oxygen atoms in total. The number of para-hydroxylation sites is 1. The molecule has 1 N–H and O–H groups in total. The van der Waals surface area contributed by atoms with Crippen molar-refractivity contribution in [2.75, 3.05) is 25.0 Å². The van der Waals surface area contributed by atoms with Crippen LogP contribution < -0.4 is 10.1 Å². The topological polar surface area (TPSA) is 67.3 Å². The quantitative estimate of drug-likeness (QED) is 0.475. The van der Waals surface area contributed by atoms with Crippen LogP contribution in [-0.2, 0) is 0 Å². The molecule has 33 heavy (non-hydrogen) atoms. The fraction of sp³-hybridized carbons (Fsp3) is 0.318. The number of amides is 1. The average molecular weight is 483 g/mol. The maximum atomic E-state index is 13.4. The molecule has 1 saturated heterocycles. The largest absolute Gasteiger partial charge is 0.461 e. The van der Waals surface area contributed by atoms with E-state index in [0.29, 0.717) is 47.9 Å². The first-order chi connectivity index (χ1) is 15.7. The maximum absolute atomic E-state index is 13.4. The van der Waals surface area contributed by atoms with Crippen LogP contribution in [0.1, 0.15) is 16.8 Å². The summed E-state index contributed by atoms with van der Waals surface area (Å²) in [6.07, 6.45) is -6.45. The summed E-state index contributed by atoms with van der Waals surface area (Å²) >= 11 is 5.95. The van der Waals surface area contributed by atoms with Crippen molar-refractivity contribution < 1.29 is 27.1 Å². The molecule has 1 unspecified atom stereocenters. The average Bonchev–Trinajstić information content (AvgIpc) is 3.26. The third kappa shape index (κ3) is 5.27. The van der Waals surface area contributed by atoms with Gasteiger partial charge in [0.25, 0.3) is 5.91 Å². The molecule has 3 aromatic rings. The van der Waals surface area contributed by atoms with Gasteiger partial charge in [0.05, 0.1) is 22.8 Å². The maximum Gasteiger partial charge on any atom is 0.461 e. The molecule has 1 amide bonds. The number of nitrogens with one attached hydrogen (secondary N) is 1. The number of benzene rings is 2. The summed E-state index contributed by atoms with van der Waals surface area (Å²) in [5, 5.41) is 3.76. The van der Waals surface area contributed by atoms with Crippen LogP contribution in [-0.4, -0.2) is 52.9 Å². The van der Waals surface area contributed by atoms with Gasteiger partial charge < -0.3 is 15.0 Å². The molecule has 11 heteroatoms. The number of hydrogen-bond acceptors (Lipinski definition) is 5. The summed E-state index contributed by atoms with van der Waals surface area (Å²) < 4.78 is 56.0. The summed E-state index contributed by atoms with van der Waals surface area (Å²) in [6.45, 7) is 1.27. The van der Waals surface area contributed by atoms with Crippen LogP contribution in [0.25, 0.3) is 11.0 Å². The van der Waals surface area contributed by atoms with Gasteiger partial charge >= 0.3 is 12.5 Å². The van der Waals surface area contributed by atoms with Crippen molar-refractivity contribution in [1.29, 1.82) is 0 Å². The molecule has 1 aliphatic heterocycles. The number of fused-ring (bicyclic) bond motifs is 1. The van der Waals surface area contributed by atoms with Crippen LogP contribution in [0.5, 0.6) is 5.75 Å². The first-order valence-electron chi connectivity index (χ1n) is 10.1. The SMILES string of the molecule is O=C(c1ccccc1OC(F)(F)C(F)F)N1CCC(CNc2cnc3cc(Cl)ccc3n2)C1. The van der Waals surface area contributed by atoms with Gasteiger partial charge in [0.2, 0.25) is 0 Å². The molecule has 0 aliphatic carbocycles. The van der Waals surface area contributed by atoms with Crippen molar-refractivity contribution in [3.05, 3.63) is 59.2 Å². The smallest absolute Gasteiger partial charge is 0.427 e. The molecule has 174 valence electrons. The minimum absolute atomic E-state index is 0.0762. The lowest BCUT2D eigenvalue weighted by Crippen LogP contribution is -2.35. The van der Waals surface area contributed by atoms with Crippen molar-refractivity contribution >= 4 is 34.4 Å². The Hall–Kier alpha value is -3.14. The summed E-state index contributed by atoms with van der Waals surface area (Å²) in [5.74, 6) is -0.490. The van der Waals surface area contributed by atoms with E-state index in [2.05, 4.69) is 20.0 Å². The number of rotatable bonds is 7. The first-order valence-corrected chi connectivity index (χ1v) is 10.5. The molecule has 4 rings (SSSR count). The van der Waals surface area contributed by atoms with Crippen molar-refractivity contribution in [3.8, 4) is 5.75 Å². The number of ether oxygens (including phenoxy) is 1. The van der Waals surface area contributed by atoms with Gasteiger partial charge in [-0.15, -0.1) is 0 Å². The lowest BCUT2D eigenvalue weighted by atomic mass is 10.1. The highest BCUT2D eigenvalue weighted by Crippen LogP contribution is 2.31. The van der Waals surface area contributed by atoms with E-state index in [4.69, 9.17) is 11.6 Å². The molecule has 2 aromatic carbocycles. The number of hydrogen-bond donors (Lipinski definition) is 1. The fourth-order valence-corrected chi connectivity index (χ4v) is 3.76. The molecular weight excluding hydrogens is 464 g/mol. The monoisotopic (exact) mass is 482 g/mol. The predicted octanol–water partition coefficient (Wildman–Crippen LogP) is 5.09. The molecule has 1 atom stereocenters. The highest BCUT2D eigenvalue weighted by Gasteiger charge is 2.44. The Kier molecular flexibility index (Phi) is 6.55. The molecule has 2 heterocycles. The van der Waals surface area contributed by atoms with Crippen molar-refractivity contribution in [3.63, 3.8) is 0 Å². The normalized spacial score (nSPS) is 16.4. The van der Waals surface area contributed by atoms with Crippen LogP contribution in [0, 0.1) is 5.92 Å². The standard InChI is InChI=1S/C22H19ClF4N4O2/c23-14-5-6-16-17(9-14)28-11-19(30-16)29-10-13-7-8-31(12-13)20(32)15-3-1-2-4-18(15)33-22(26,27)21(24)25/h1-6,9,11,13,21H,7-8,10,12H2,(H,29,30). The van der Waals surface area contributed by atoms with Gasteiger partial charge in [-0.25, -0.2) is 4.98 Å². The zero-order valence-corrected chi connectivity index (χ0v) is 17.9. The van der Waals surface area contributed by atoms with Crippen LogP contribution >= 0.6 is 11.6 Å². The number of nitrogens with zero attached hydrogens (tertiary/aromatic N) is 3. The van der Waals surface area contributed by atoms with Gasteiger partial charge in [0.15, 0.2) is 0 Å². The Bertz CT molecular complexity index is 1160. The highest BCUT2D eigenvalue weighted by atomic mass is 35.5. The van der Waals surface area contributed by atoms with E-state index in [1.807, 2.05) is 0 Å². The van der Waals surface area contributed by atoms with Crippen LogP contribution in [0.4, 0.5) is 23.4 Å². The van der Waals surface area contributed by atoms with Crippen molar-refractivity contribution in [2.45, 2.75) is 19.0 Å². The summed E-state index contributed by atoms with van der Waals surface area (Å²) in [5.41, 5.74) is 1.17. The van der Waals surface area contributed by atoms with Gasteiger partial charge in [0, 0.05) is 24.7 Å². The number of aromatic nitrogens is 2. The van der Waals surface area contributed by atoms with E-state index >= 15 is 0 Å². The summed E-state index contributed by atoms with van der Waals surface area (Å²) in [6, 6.07) is 10.4. The molecule has 0 saturated carbocycles. The van der Waals surface area contributed by atoms with E-state index < -0.39 is 24.2 Å². The van der Waals surface area contributed by atoms with E-state index in [0.717, 1.165) is 6.07 Å². The second kappa shape index (κ2) is 9.38. The van der Waals surface area contributed by atoms with Crippen LogP contribution in [0.15, 0.2) is 48.7 Å². The Morgan fingerprint density at radius 3 is 2.82 bits per heavy atom. The molecular formula is C22H19ClF4N4O2. The number of carbonyl (C=O) groups is 1. The molecule has 0 radical (unpaired) electrons. The third-order valence-electron chi connectivity index (χ3n) is 5.27. The Labute approximate surface area is 191 Å². The number of anilines is 1. The fourth-order valence-electron chi connectivity index (χ4n) is 3.60. The molecule has 0 bridgehead atoms. The number of halogens is 5. The third-order valence-corrected chi connectivity index (χ3v) is 5.50. The van der Waals surface area contributed by atoms with Crippen LogP contribution in [0.3, 0.4) is 0 Å². The summed E-state index contributed by atoms with van der Waals surface area (Å²) in [7, 11) is 0. The van der Waals surface area contributed by atoms with E-state index in [1.54, 1.807) is 24.4 Å². The zero-order valence-electron chi connectivity index (χ0n) is 17.1. The van der Waals surface area contributed by atoms with E-state index in [9.17, 15) is 22.4 Å². The Balaban J connectivity index is 1.38. The molecule has 1 aromatic heterocycles. The zero-order chi connectivity index (χ0) is 23.6. The second-order valence-electron chi connectivity index (χ2n) is 7.64. The molecule has 0 spiro atoms. The van der Waals surface area contributed by atoms with Crippen LogP contribution in [0.2, 0.25) is 5.02 Å². The van der Waals surface area contributed by atoms with Crippen molar-refractivity contribution in [2.24, 2.45) is 5.92 Å². The molecule has 1 aliphatic rings. The van der Waals surface area contributed by atoms with E-state index in [1.165, 1.54) is 23.1 Å². The molecule has 1 fully saturated rings. The number of alkyl halides is 4. The second-order valence-corrected chi connectivity index (χ2v) is 8.07. The Morgan fingerprint density at radius 2 is 2.03 bits per heavy atom. The van der Waals surface area contributed by atoms with Gasteiger partial charge in [-0.1, -0.05) is 23.7 Å². The lowest BCUT2D eigenvalue weighted by Gasteiger charge is -2.21. The Morgan fingerprint density at radius 1 is 1.24 bits per heavy atom. The van der Waals surface area contributed by atoms with Crippen molar-refractivity contribution in [1.82, 2.24) is 14.9 Å².